The van der Waals surface area contributed by atoms with Gasteiger partial charge >= 0.3 is 0 Å². The Morgan fingerprint density at radius 2 is 2.12 bits per heavy atom. The molecular weight excluding hydrogens is 353 g/mol. The van der Waals surface area contributed by atoms with Gasteiger partial charge in [0.1, 0.15) is 6.54 Å². The molecule has 0 aromatic carbocycles. The molecule has 0 atom stereocenters. The maximum atomic E-state index is 10.6. The van der Waals surface area contributed by atoms with Gasteiger partial charge in [-0.3, -0.25) is 4.55 Å². The van der Waals surface area contributed by atoms with Gasteiger partial charge < -0.3 is 0 Å². The zero-order valence-electron chi connectivity index (χ0n) is 9.55. The molecule has 0 bridgehead atoms. The fourth-order valence-electron chi connectivity index (χ4n) is 1.56. The average Bonchev–Trinajstić information content (AvgIpc) is 2.25. The van der Waals surface area contributed by atoms with E-state index in [0.29, 0.717) is 13.0 Å². The number of hydrogen-bond acceptors (Lipinski definition) is 2. The SMILES string of the molecule is O=S(=O)(O)CCC[n+]1cccc(CCCI)c1. The minimum absolute atomic E-state index is 0.183. The van der Waals surface area contributed by atoms with Crippen molar-refractivity contribution in [2.75, 3.05) is 10.2 Å². The highest BCUT2D eigenvalue weighted by molar-refractivity contribution is 14.1. The number of nitrogens with zero attached hydrogens (tertiary/aromatic N) is 1. The molecule has 0 fully saturated rings. The lowest BCUT2D eigenvalue weighted by Gasteiger charge is -2.00. The largest absolute Gasteiger partial charge is 0.286 e. The molecular formula is C11H17INO3S+. The predicted molar refractivity (Wildman–Crippen MR) is 74.9 cm³/mol. The summed E-state index contributed by atoms with van der Waals surface area (Å²) in [4.78, 5) is 0. The maximum Gasteiger partial charge on any atom is 0.265 e. The number of pyridine rings is 1. The molecule has 0 saturated heterocycles. The maximum absolute atomic E-state index is 10.6. The highest BCUT2D eigenvalue weighted by Gasteiger charge is 2.07. The zero-order chi connectivity index (χ0) is 12.7. The van der Waals surface area contributed by atoms with E-state index in [-0.39, 0.29) is 5.75 Å². The van der Waals surface area contributed by atoms with Gasteiger partial charge in [-0.2, -0.15) is 8.42 Å². The lowest BCUT2D eigenvalue weighted by molar-refractivity contribution is -0.697. The number of aromatic nitrogens is 1. The Labute approximate surface area is 116 Å². The van der Waals surface area contributed by atoms with Crippen molar-refractivity contribution in [3.63, 3.8) is 0 Å². The van der Waals surface area contributed by atoms with Crippen LogP contribution < -0.4 is 4.57 Å². The van der Waals surface area contributed by atoms with Crippen LogP contribution in [-0.2, 0) is 23.1 Å². The van der Waals surface area contributed by atoms with Gasteiger partial charge in [-0.05, 0) is 23.3 Å². The van der Waals surface area contributed by atoms with Gasteiger partial charge in [0.2, 0.25) is 0 Å². The van der Waals surface area contributed by atoms with Crippen molar-refractivity contribution in [3.8, 4) is 0 Å². The van der Waals surface area contributed by atoms with E-state index in [1.807, 2.05) is 23.0 Å². The lowest BCUT2D eigenvalue weighted by atomic mass is 10.2. The molecule has 0 aliphatic heterocycles. The fraction of sp³-hybridized carbons (Fsp3) is 0.545. The Morgan fingerprint density at radius 1 is 1.35 bits per heavy atom. The van der Waals surface area contributed by atoms with Crippen molar-refractivity contribution in [2.24, 2.45) is 0 Å². The Hall–Kier alpha value is -0.210. The number of rotatable bonds is 7. The van der Waals surface area contributed by atoms with Crippen LogP contribution in [0.25, 0.3) is 0 Å². The second-order valence-electron chi connectivity index (χ2n) is 3.88. The first kappa shape index (κ1) is 14.8. The van der Waals surface area contributed by atoms with Crippen LogP contribution in [0.5, 0.6) is 0 Å². The second-order valence-corrected chi connectivity index (χ2v) is 6.53. The van der Waals surface area contributed by atoms with Crippen LogP contribution in [0, 0.1) is 0 Å². The summed E-state index contributed by atoms with van der Waals surface area (Å²) in [6.45, 7) is 0.609. The van der Waals surface area contributed by atoms with Crippen molar-refractivity contribution in [1.29, 1.82) is 0 Å². The molecule has 6 heteroatoms. The molecule has 0 spiro atoms. The molecule has 0 saturated carbocycles. The summed E-state index contributed by atoms with van der Waals surface area (Å²) < 4.78 is 32.9. The predicted octanol–water partition coefficient (Wildman–Crippen LogP) is 1.62. The van der Waals surface area contributed by atoms with Crippen LogP contribution >= 0.6 is 22.6 Å². The molecule has 0 aliphatic rings. The van der Waals surface area contributed by atoms with Crippen LogP contribution in [0.3, 0.4) is 0 Å². The Balaban J connectivity index is 2.48. The first-order valence-corrected chi connectivity index (χ1v) is 8.64. The molecule has 17 heavy (non-hydrogen) atoms. The van der Waals surface area contributed by atoms with Gasteiger partial charge in [0, 0.05) is 18.1 Å². The number of aryl methyl sites for hydroxylation is 2. The van der Waals surface area contributed by atoms with Gasteiger partial charge in [0.15, 0.2) is 12.4 Å². The highest BCUT2D eigenvalue weighted by Crippen LogP contribution is 2.01. The third-order valence-corrected chi connectivity index (χ3v) is 3.90. The summed E-state index contributed by atoms with van der Waals surface area (Å²) in [6.07, 6.45) is 6.57. The van der Waals surface area contributed by atoms with E-state index in [9.17, 15) is 8.42 Å². The first-order chi connectivity index (χ1) is 8.01. The lowest BCUT2D eigenvalue weighted by Crippen LogP contribution is -2.34. The third kappa shape index (κ3) is 6.95. The van der Waals surface area contributed by atoms with Crippen molar-refractivity contribution in [3.05, 3.63) is 30.1 Å². The normalized spacial score (nSPS) is 11.6. The third-order valence-electron chi connectivity index (χ3n) is 2.34. The smallest absolute Gasteiger partial charge is 0.265 e. The van der Waals surface area contributed by atoms with Gasteiger partial charge in [0.05, 0.1) is 5.75 Å². The number of hydrogen-bond donors (Lipinski definition) is 1. The van der Waals surface area contributed by atoms with Gasteiger partial charge in [-0.25, -0.2) is 4.57 Å². The monoisotopic (exact) mass is 370 g/mol. The van der Waals surface area contributed by atoms with Crippen LogP contribution in [0.4, 0.5) is 0 Å². The molecule has 1 aromatic rings. The zero-order valence-corrected chi connectivity index (χ0v) is 12.5. The summed E-state index contributed by atoms with van der Waals surface area (Å²) in [7, 11) is -3.83. The van der Waals surface area contributed by atoms with Crippen molar-refractivity contribution < 1.29 is 17.5 Å². The highest BCUT2D eigenvalue weighted by atomic mass is 127. The molecule has 96 valence electrons. The molecule has 0 radical (unpaired) electrons. The van der Waals surface area contributed by atoms with Gasteiger partial charge in [-0.15, -0.1) is 0 Å². The van der Waals surface area contributed by atoms with E-state index < -0.39 is 10.1 Å². The Bertz CT molecular complexity index is 448. The van der Waals surface area contributed by atoms with E-state index in [4.69, 9.17) is 4.55 Å². The minimum atomic E-state index is -3.83. The molecule has 0 unspecified atom stereocenters. The van der Waals surface area contributed by atoms with Crippen molar-refractivity contribution >= 4 is 32.7 Å². The molecule has 1 heterocycles. The quantitative estimate of drug-likeness (QED) is 0.344. The van der Waals surface area contributed by atoms with E-state index in [1.165, 1.54) is 5.56 Å². The molecule has 4 nitrogen and oxygen atoms in total. The van der Waals surface area contributed by atoms with Crippen LogP contribution in [0.15, 0.2) is 24.5 Å². The summed E-state index contributed by atoms with van der Waals surface area (Å²) >= 11 is 2.35. The fourth-order valence-corrected chi connectivity index (χ4v) is 2.44. The van der Waals surface area contributed by atoms with Crippen LogP contribution in [-0.4, -0.2) is 23.2 Å². The van der Waals surface area contributed by atoms with Crippen molar-refractivity contribution in [2.45, 2.75) is 25.8 Å². The van der Waals surface area contributed by atoms with E-state index >= 15 is 0 Å². The molecule has 1 aromatic heterocycles. The topological polar surface area (TPSA) is 58.3 Å². The number of alkyl halides is 1. The molecule has 1 rings (SSSR count). The van der Waals surface area contributed by atoms with Crippen LogP contribution in [0.1, 0.15) is 18.4 Å². The minimum Gasteiger partial charge on any atom is -0.286 e. The van der Waals surface area contributed by atoms with Crippen LogP contribution in [0.2, 0.25) is 0 Å². The molecule has 0 amide bonds. The molecule has 0 aliphatic carbocycles. The van der Waals surface area contributed by atoms with Crippen molar-refractivity contribution in [1.82, 2.24) is 0 Å². The summed E-state index contributed by atoms with van der Waals surface area (Å²) in [5.74, 6) is -0.183. The summed E-state index contributed by atoms with van der Waals surface area (Å²) in [5.41, 5.74) is 1.26. The number of halogens is 1. The second kappa shape index (κ2) is 7.27. The standard InChI is InChI=1S/C11H16INO3S/c12-6-1-4-11-5-2-7-13(10-11)8-3-9-17(14,15)16/h2,5,7,10H,1,3-4,6,8-9H2/p+1. The Morgan fingerprint density at radius 3 is 2.76 bits per heavy atom. The summed E-state index contributed by atoms with van der Waals surface area (Å²) in [5, 5.41) is 0. The van der Waals surface area contributed by atoms with Gasteiger partial charge in [-0.1, -0.05) is 22.6 Å². The van der Waals surface area contributed by atoms with Gasteiger partial charge in [0.25, 0.3) is 10.1 Å². The molecule has 1 N–H and O–H groups in total. The first-order valence-electron chi connectivity index (χ1n) is 5.50. The Kier molecular flexibility index (Phi) is 6.35. The van der Waals surface area contributed by atoms with E-state index in [1.54, 1.807) is 0 Å². The van der Waals surface area contributed by atoms with E-state index in [0.717, 1.165) is 17.3 Å². The summed E-state index contributed by atoms with van der Waals surface area (Å²) in [6, 6.07) is 4.04. The average molecular weight is 370 g/mol. The van der Waals surface area contributed by atoms with E-state index in [2.05, 4.69) is 28.7 Å².